The number of nitrogens with zero attached hydrogens (tertiary/aromatic N) is 2. The molecule has 6 nitrogen and oxygen atoms in total. The average Bonchev–Trinajstić information content (AvgIpc) is 3.45. The van der Waals surface area contributed by atoms with Crippen molar-refractivity contribution in [3.05, 3.63) is 78.0 Å². The summed E-state index contributed by atoms with van der Waals surface area (Å²) in [5.41, 5.74) is 1.92. The molecule has 33 heavy (non-hydrogen) atoms. The van der Waals surface area contributed by atoms with Gasteiger partial charge in [-0.1, -0.05) is 37.3 Å². The summed E-state index contributed by atoms with van der Waals surface area (Å²) in [6.07, 6.45) is 1.28. The number of furan rings is 1. The van der Waals surface area contributed by atoms with Gasteiger partial charge in [-0.25, -0.2) is 17.8 Å². The molecule has 4 rings (SSSR count). The molecule has 0 unspecified atom stereocenters. The SMILES string of the molecule is CC(C)c1cccc2sc(N(Cc3ccco3)C(=O)CCS(=O)(=O)c3ccc(F)cc3)nc12. The highest BCUT2D eigenvalue weighted by molar-refractivity contribution is 7.91. The van der Waals surface area contributed by atoms with Crippen LogP contribution < -0.4 is 4.90 Å². The van der Waals surface area contributed by atoms with Gasteiger partial charge in [0, 0.05) is 6.42 Å². The van der Waals surface area contributed by atoms with Crippen molar-refractivity contribution in [2.45, 2.75) is 37.6 Å². The van der Waals surface area contributed by atoms with E-state index in [0.717, 1.165) is 27.9 Å². The Bertz CT molecular complexity index is 1360. The number of hydrogen-bond acceptors (Lipinski definition) is 6. The number of aromatic nitrogens is 1. The number of thiazole rings is 1. The molecular formula is C24H23FN2O4S2. The zero-order valence-electron chi connectivity index (χ0n) is 18.2. The summed E-state index contributed by atoms with van der Waals surface area (Å²) in [5.74, 6) is -0.478. The molecule has 4 aromatic rings. The number of para-hydroxylation sites is 1. The van der Waals surface area contributed by atoms with Gasteiger partial charge in [0.15, 0.2) is 15.0 Å². The molecule has 0 bridgehead atoms. The lowest BCUT2D eigenvalue weighted by Gasteiger charge is -2.18. The van der Waals surface area contributed by atoms with E-state index in [2.05, 4.69) is 13.8 Å². The second-order valence-corrected chi connectivity index (χ2v) is 11.0. The van der Waals surface area contributed by atoms with E-state index >= 15 is 0 Å². The van der Waals surface area contributed by atoms with Gasteiger partial charge in [0.25, 0.3) is 0 Å². The van der Waals surface area contributed by atoms with Gasteiger partial charge in [0.05, 0.1) is 33.7 Å². The molecule has 0 aliphatic heterocycles. The van der Waals surface area contributed by atoms with Crippen LogP contribution in [0.15, 0.2) is 70.2 Å². The maximum Gasteiger partial charge on any atom is 0.230 e. The van der Waals surface area contributed by atoms with Gasteiger partial charge < -0.3 is 4.42 Å². The number of carbonyl (C=O) groups excluding carboxylic acids is 1. The first-order chi connectivity index (χ1) is 15.7. The third kappa shape index (κ3) is 5.15. The maximum absolute atomic E-state index is 13.2. The van der Waals surface area contributed by atoms with Crippen LogP contribution in [0.3, 0.4) is 0 Å². The van der Waals surface area contributed by atoms with Crippen molar-refractivity contribution >= 4 is 42.4 Å². The molecule has 0 saturated heterocycles. The van der Waals surface area contributed by atoms with Gasteiger partial charge in [0.1, 0.15) is 11.6 Å². The number of amides is 1. The Morgan fingerprint density at radius 2 is 1.88 bits per heavy atom. The standard InChI is InChI=1S/C24H23FN2O4S2/c1-16(2)20-6-3-7-21-23(20)26-24(32-21)27(15-18-5-4-13-31-18)22(28)12-14-33(29,30)19-10-8-17(25)9-11-19/h3-11,13,16H,12,14-15H2,1-2H3. The first-order valence-corrected chi connectivity index (χ1v) is 12.9. The van der Waals surface area contributed by atoms with E-state index < -0.39 is 21.4 Å². The van der Waals surface area contributed by atoms with Crippen LogP contribution in [0.1, 0.15) is 37.5 Å². The number of carbonyl (C=O) groups is 1. The van der Waals surface area contributed by atoms with Crippen molar-refractivity contribution in [3.63, 3.8) is 0 Å². The number of fused-ring (bicyclic) bond motifs is 1. The Labute approximate surface area is 195 Å². The molecule has 0 N–H and O–H groups in total. The zero-order valence-corrected chi connectivity index (χ0v) is 19.8. The minimum absolute atomic E-state index is 0.0177. The van der Waals surface area contributed by atoms with Crippen molar-refractivity contribution in [1.29, 1.82) is 0 Å². The average molecular weight is 487 g/mol. The summed E-state index contributed by atoms with van der Waals surface area (Å²) in [6.45, 7) is 4.30. The fraction of sp³-hybridized carbons (Fsp3) is 0.250. The Morgan fingerprint density at radius 1 is 1.12 bits per heavy atom. The van der Waals surface area contributed by atoms with Crippen LogP contribution in [0.4, 0.5) is 9.52 Å². The predicted octanol–water partition coefficient (Wildman–Crippen LogP) is 5.55. The van der Waals surface area contributed by atoms with E-state index in [4.69, 9.17) is 9.40 Å². The van der Waals surface area contributed by atoms with E-state index in [1.165, 1.54) is 34.6 Å². The van der Waals surface area contributed by atoms with Crippen LogP contribution >= 0.6 is 11.3 Å². The van der Waals surface area contributed by atoms with E-state index in [-0.39, 0.29) is 29.7 Å². The van der Waals surface area contributed by atoms with Crippen molar-refractivity contribution < 1.29 is 22.0 Å². The molecule has 0 radical (unpaired) electrons. The lowest BCUT2D eigenvalue weighted by molar-refractivity contribution is -0.118. The van der Waals surface area contributed by atoms with Crippen molar-refractivity contribution in [3.8, 4) is 0 Å². The molecular weight excluding hydrogens is 463 g/mol. The smallest absolute Gasteiger partial charge is 0.230 e. The molecule has 0 atom stereocenters. The molecule has 0 saturated carbocycles. The minimum atomic E-state index is -3.75. The van der Waals surface area contributed by atoms with Gasteiger partial charge in [-0.15, -0.1) is 0 Å². The number of hydrogen-bond donors (Lipinski definition) is 0. The fourth-order valence-corrected chi connectivity index (χ4v) is 5.72. The zero-order chi connectivity index (χ0) is 23.6. The van der Waals surface area contributed by atoms with Crippen molar-refractivity contribution in [1.82, 2.24) is 4.98 Å². The number of benzene rings is 2. The minimum Gasteiger partial charge on any atom is -0.467 e. The van der Waals surface area contributed by atoms with Gasteiger partial charge in [-0.2, -0.15) is 0 Å². The van der Waals surface area contributed by atoms with Crippen LogP contribution in [0, 0.1) is 5.82 Å². The summed E-state index contributed by atoms with van der Waals surface area (Å²) < 4.78 is 44.9. The monoisotopic (exact) mass is 486 g/mol. The lowest BCUT2D eigenvalue weighted by Crippen LogP contribution is -2.31. The third-order valence-corrected chi connectivity index (χ3v) is 8.02. The summed E-state index contributed by atoms with van der Waals surface area (Å²) in [7, 11) is -3.75. The Hall–Kier alpha value is -3.04. The Morgan fingerprint density at radius 3 is 2.55 bits per heavy atom. The molecule has 0 spiro atoms. The summed E-state index contributed by atoms with van der Waals surface area (Å²) in [5, 5.41) is 0.485. The van der Waals surface area contributed by atoms with Gasteiger partial charge in [-0.05, 0) is 53.9 Å². The van der Waals surface area contributed by atoms with Crippen molar-refractivity contribution in [2.24, 2.45) is 0 Å². The van der Waals surface area contributed by atoms with Crippen LogP contribution in [-0.4, -0.2) is 25.1 Å². The highest BCUT2D eigenvalue weighted by Crippen LogP contribution is 2.34. The second kappa shape index (κ2) is 9.44. The van der Waals surface area contributed by atoms with Crippen molar-refractivity contribution in [2.75, 3.05) is 10.7 Å². The van der Waals surface area contributed by atoms with E-state index in [0.29, 0.717) is 10.9 Å². The number of halogens is 1. The molecule has 1 amide bonds. The Balaban J connectivity index is 1.62. The summed E-state index contributed by atoms with van der Waals surface area (Å²) in [6, 6.07) is 14.0. The number of anilines is 1. The first kappa shape index (κ1) is 23.1. The second-order valence-electron chi connectivity index (χ2n) is 7.93. The number of rotatable bonds is 8. The largest absolute Gasteiger partial charge is 0.467 e. The van der Waals surface area contributed by atoms with Crippen LogP contribution in [0.5, 0.6) is 0 Å². The van der Waals surface area contributed by atoms with Gasteiger partial charge in [0.2, 0.25) is 5.91 Å². The molecule has 172 valence electrons. The van der Waals surface area contributed by atoms with Crippen LogP contribution in [-0.2, 0) is 21.2 Å². The first-order valence-electron chi connectivity index (χ1n) is 10.4. The predicted molar refractivity (Wildman–Crippen MR) is 127 cm³/mol. The molecule has 2 aromatic heterocycles. The van der Waals surface area contributed by atoms with E-state index in [9.17, 15) is 17.6 Å². The van der Waals surface area contributed by atoms with Crippen LogP contribution in [0.25, 0.3) is 10.2 Å². The van der Waals surface area contributed by atoms with E-state index in [1.807, 2.05) is 18.2 Å². The van der Waals surface area contributed by atoms with Gasteiger partial charge in [-0.3, -0.25) is 9.69 Å². The molecule has 9 heteroatoms. The quantitative estimate of drug-likeness (QED) is 0.305. The normalized spacial score (nSPS) is 11.9. The lowest BCUT2D eigenvalue weighted by atomic mass is 10.0. The van der Waals surface area contributed by atoms with E-state index in [1.54, 1.807) is 12.1 Å². The molecule has 2 aromatic carbocycles. The molecule has 0 aliphatic rings. The fourth-order valence-electron chi connectivity index (χ4n) is 3.48. The summed E-state index contributed by atoms with van der Waals surface area (Å²) >= 11 is 1.38. The maximum atomic E-state index is 13.2. The molecule has 0 fully saturated rings. The highest BCUT2D eigenvalue weighted by atomic mass is 32.2. The Kier molecular flexibility index (Phi) is 6.62. The van der Waals surface area contributed by atoms with Crippen LogP contribution in [0.2, 0.25) is 0 Å². The van der Waals surface area contributed by atoms with Gasteiger partial charge >= 0.3 is 0 Å². The third-order valence-electron chi connectivity index (χ3n) is 5.24. The summed E-state index contributed by atoms with van der Waals surface area (Å²) in [4.78, 5) is 19.4. The molecule has 0 aliphatic carbocycles. The molecule has 2 heterocycles. The number of sulfone groups is 1. The highest BCUT2D eigenvalue weighted by Gasteiger charge is 2.25. The topological polar surface area (TPSA) is 80.5 Å².